The van der Waals surface area contributed by atoms with Crippen molar-refractivity contribution in [1.82, 2.24) is 10.2 Å². The molecule has 1 unspecified atom stereocenters. The number of nitrogens with one attached hydrogen (secondary N) is 1. The van der Waals surface area contributed by atoms with E-state index in [2.05, 4.69) is 44.8 Å². The molecular weight excluding hydrogens is 248 g/mol. The Labute approximate surface area is 126 Å². The molecule has 0 spiro atoms. The van der Waals surface area contributed by atoms with E-state index >= 15 is 0 Å². The number of rotatable bonds is 9. The Morgan fingerprint density at radius 3 is 2.45 bits per heavy atom. The van der Waals surface area contributed by atoms with Gasteiger partial charge in [-0.1, -0.05) is 20.8 Å². The van der Waals surface area contributed by atoms with Crippen molar-refractivity contribution in [2.24, 2.45) is 0 Å². The van der Waals surface area contributed by atoms with Gasteiger partial charge >= 0.3 is 0 Å². The fourth-order valence-electron chi connectivity index (χ4n) is 3.16. The van der Waals surface area contributed by atoms with E-state index in [1.165, 1.54) is 45.2 Å². The first-order chi connectivity index (χ1) is 9.56. The molecule has 1 saturated heterocycles. The summed E-state index contributed by atoms with van der Waals surface area (Å²) in [5.41, 5.74) is 0.347. The number of ether oxygens (including phenoxy) is 1. The van der Waals surface area contributed by atoms with Crippen LogP contribution in [0.2, 0.25) is 0 Å². The predicted octanol–water partition coefficient (Wildman–Crippen LogP) is 3.43. The summed E-state index contributed by atoms with van der Waals surface area (Å²) in [6, 6.07) is 0.715. The van der Waals surface area contributed by atoms with Crippen molar-refractivity contribution in [2.45, 2.75) is 84.4 Å². The first-order valence-corrected chi connectivity index (χ1v) is 8.67. The quantitative estimate of drug-likeness (QED) is 0.657. The van der Waals surface area contributed by atoms with Crippen LogP contribution in [0.3, 0.4) is 0 Å². The van der Waals surface area contributed by atoms with Gasteiger partial charge in [0.25, 0.3) is 0 Å². The topological polar surface area (TPSA) is 24.5 Å². The zero-order chi connectivity index (χ0) is 15.0. The molecule has 0 saturated carbocycles. The standard InChI is InChI=1S/C17H36N2O/c1-6-16-13-18-17(7-2,8-3)14-19(16)11-9-10-12-20-15(4)5/h15-16,18H,6-14H2,1-5H3. The number of piperazine rings is 1. The van der Waals surface area contributed by atoms with Gasteiger partial charge in [0.1, 0.15) is 0 Å². The number of unbranched alkanes of at least 4 members (excludes halogenated alkanes) is 1. The van der Waals surface area contributed by atoms with Crippen LogP contribution >= 0.6 is 0 Å². The van der Waals surface area contributed by atoms with Crippen LogP contribution in [0, 0.1) is 0 Å². The highest BCUT2D eigenvalue weighted by atomic mass is 16.5. The summed E-state index contributed by atoms with van der Waals surface area (Å²) in [7, 11) is 0. The average Bonchev–Trinajstić information content (AvgIpc) is 2.46. The van der Waals surface area contributed by atoms with Gasteiger partial charge in [-0.15, -0.1) is 0 Å². The molecule has 0 aliphatic carbocycles. The minimum absolute atomic E-state index is 0.347. The summed E-state index contributed by atoms with van der Waals surface area (Å²) in [5, 5.41) is 3.81. The van der Waals surface area contributed by atoms with Gasteiger partial charge in [-0.2, -0.15) is 0 Å². The van der Waals surface area contributed by atoms with Gasteiger partial charge < -0.3 is 10.1 Å². The second-order valence-corrected chi connectivity index (χ2v) is 6.53. The van der Waals surface area contributed by atoms with Gasteiger partial charge in [-0.25, -0.2) is 0 Å². The fourth-order valence-corrected chi connectivity index (χ4v) is 3.16. The molecule has 0 aromatic heterocycles. The minimum Gasteiger partial charge on any atom is -0.379 e. The van der Waals surface area contributed by atoms with Crippen LogP contribution in [0.5, 0.6) is 0 Å². The molecule has 1 fully saturated rings. The molecule has 1 rings (SSSR count). The van der Waals surface area contributed by atoms with Gasteiger partial charge in [0.2, 0.25) is 0 Å². The largest absolute Gasteiger partial charge is 0.379 e. The first-order valence-electron chi connectivity index (χ1n) is 8.67. The molecule has 1 atom stereocenters. The summed E-state index contributed by atoms with van der Waals surface area (Å²) >= 11 is 0. The molecule has 0 radical (unpaired) electrons. The normalized spacial score (nSPS) is 23.4. The van der Waals surface area contributed by atoms with E-state index in [9.17, 15) is 0 Å². The molecule has 120 valence electrons. The molecule has 0 bridgehead atoms. The van der Waals surface area contributed by atoms with Gasteiger partial charge in [-0.05, 0) is 52.5 Å². The Hall–Kier alpha value is -0.120. The molecule has 1 aliphatic heterocycles. The highest BCUT2D eigenvalue weighted by Gasteiger charge is 2.35. The summed E-state index contributed by atoms with van der Waals surface area (Å²) in [6.07, 6.45) is 6.51. The maximum atomic E-state index is 5.64. The van der Waals surface area contributed by atoms with Crippen molar-refractivity contribution in [3.63, 3.8) is 0 Å². The Morgan fingerprint density at radius 1 is 1.20 bits per heavy atom. The Bertz CT molecular complexity index is 251. The molecule has 1 heterocycles. The van der Waals surface area contributed by atoms with Gasteiger partial charge in [0.05, 0.1) is 6.10 Å². The lowest BCUT2D eigenvalue weighted by molar-refractivity contribution is 0.0559. The average molecular weight is 284 g/mol. The second-order valence-electron chi connectivity index (χ2n) is 6.53. The summed E-state index contributed by atoms with van der Waals surface area (Å²) < 4.78 is 5.64. The molecule has 3 nitrogen and oxygen atoms in total. The lowest BCUT2D eigenvalue weighted by Crippen LogP contribution is -2.63. The van der Waals surface area contributed by atoms with Crippen LogP contribution < -0.4 is 5.32 Å². The molecule has 0 aromatic carbocycles. The van der Waals surface area contributed by atoms with Crippen LogP contribution in [0.25, 0.3) is 0 Å². The summed E-state index contributed by atoms with van der Waals surface area (Å²) in [5.74, 6) is 0. The summed E-state index contributed by atoms with van der Waals surface area (Å²) in [6.45, 7) is 15.7. The van der Waals surface area contributed by atoms with Crippen molar-refractivity contribution in [2.75, 3.05) is 26.2 Å². The minimum atomic E-state index is 0.347. The van der Waals surface area contributed by atoms with Crippen LogP contribution in [-0.4, -0.2) is 48.8 Å². The maximum absolute atomic E-state index is 5.64. The van der Waals surface area contributed by atoms with Crippen molar-refractivity contribution >= 4 is 0 Å². The fraction of sp³-hybridized carbons (Fsp3) is 1.00. The molecule has 3 heteroatoms. The van der Waals surface area contributed by atoms with Gasteiger partial charge in [-0.3, -0.25) is 4.90 Å². The molecular formula is C17H36N2O. The second kappa shape index (κ2) is 9.01. The van der Waals surface area contributed by atoms with E-state index in [0.717, 1.165) is 13.2 Å². The Kier molecular flexibility index (Phi) is 8.08. The van der Waals surface area contributed by atoms with Crippen LogP contribution in [0.1, 0.15) is 66.7 Å². The van der Waals surface area contributed by atoms with E-state index in [1.807, 2.05) is 0 Å². The van der Waals surface area contributed by atoms with Crippen LogP contribution in [0.4, 0.5) is 0 Å². The maximum Gasteiger partial charge on any atom is 0.0518 e. The van der Waals surface area contributed by atoms with Crippen LogP contribution in [-0.2, 0) is 4.74 Å². The van der Waals surface area contributed by atoms with E-state index in [1.54, 1.807) is 0 Å². The summed E-state index contributed by atoms with van der Waals surface area (Å²) in [4.78, 5) is 2.72. The molecule has 0 amide bonds. The Balaban J connectivity index is 2.38. The Morgan fingerprint density at radius 2 is 1.90 bits per heavy atom. The van der Waals surface area contributed by atoms with Gasteiger partial charge in [0.15, 0.2) is 0 Å². The number of hydrogen-bond donors (Lipinski definition) is 1. The van der Waals surface area contributed by atoms with Crippen LogP contribution in [0.15, 0.2) is 0 Å². The van der Waals surface area contributed by atoms with E-state index in [4.69, 9.17) is 4.74 Å². The first kappa shape index (κ1) is 17.9. The monoisotopic (exact) mass is 284 g/mol. The zero-order valence-corrected chi connectivity index (χ0v) is 14.4. The van der Waals surface area contributed by atoms with Crippen molar-refractivity contribution in [1.29, 1.82) is 0 Å². The molecule has 1 N–H and O–H groups in total. The number of hydrogen-bond acceptors (Lipinski definition) is 3. The van der Waals surface area contributed by atoms with Crippen molar-refractivity contribution in [3.05, 3.63) is 0 Å². The third-order valence-corrected chi connectivity index (χ3v) is 4.85. The zero-order valence-electron chi connectivity index (χ0n) is 14.4. The molecule has 20 heavy (non-hydrogen) atoms. The predicted molar refractivity (Wildman–Crippen MR) is 87.3 cm³/mol. The number of nitrogens with zero attached hydrogens (tertiary/aromatic N) is 1. The third-order valence-electron chi connectivity index (χ3n) is 4.85. The van der Waals surface area contributed by atoms with E-state index in [-0.39, 0.29) is 0 Å². The highest BCUT2D eigenvalue weighted by Crippen LogP contribution is 2.24. The third kappa shape index (κ3) is 5.34. The van der Waals surface area contributed by atoms with Gasteiger partial charge in [0, 0.05) is 31.3 Å². The van der Waals surface area contributed by atoms with Crippen molar-refractivity contribution < 1.29 is 4.74 Å². The molecule has 0 aromatic rings. The highest BCUT2D eigenvalue weighted by molar-refractivity contribution is 4.96. The van der Waals surface area contributed by atoms with E-state index in [0.29, 0.717) is 17.7 Å². The molecule has 1 aliphatic rings. The van der Waals surface area contributed by atoms with E-state index < -0.39 is 0 Å². The lowest BCUT2D eigenvalue weighted by Gasteiger charge is -2.47. The smallest absolute Gasteiger partial charge is 0.0518 e. The SMILES string of the molecule is CCC1CNC(CC)(CC)CN1CCCCOC(C)C. The lowest BCUT2D eigenvalue weighted by atomic mass is 9.88. The van der Waals surface area contributed by atoms with Crippen molar-refractivity contribution in [3.8, 4) is 0 Å².